The minimum Gasteiger partial charge on any atom is -0.342 e. The Balaban J connectivity index is 0.000000165. The molecule has 0 atom stereocenters. The number of nitrogens with one attached hydrogen (secondary N) is 3. The van der Waals surface area contributed by atoms with E-state index in [9.17, 15) is 86.4 Å². The van der Waals surface area contributed by atoms with Gasteiger partial charge in [-0.2, -0.15) is 52.7 Å². The van der Waals surface area contributed by atoms with Gasteiger partial charge in [0.25, 0.3) is 0 Å². The van der Waals surface area contributed by atoms with Crippen molar-refractivity contribution < 1.29 is 86.4 Å². The molecule has 0 saturated carbocycles. The van der Waals surface area contributed by atoms with Crippen LogP contribution in [0.15, 0.2) is 202 Å². The largest absolute Gasteiger partial charge is 0.416 e. The van der Waals surface area contributed by atoms with Gasteiger partial charge in [0.15, 0.2) is 9.84 Å². The molecule has 0 radical (unpaired) electrons. The van der Waals surface area contributed by atoms with Crippen LogP contribution in [0, 0.1) is 0 Å². The number of hydrogen-bond donors (Lipinski definition) is 6. The predicted octanol–water partition coefficient (Wildman–Crippen LogP) is 15.1. The summed E-state index contributed by atoms with van der Waals surface area (Å²) in [6, 6.07) is 41.6. The Morgan fingerprint density at radius 1 is 0.363 bits per heavy atom. The molecule has 0 fully saturated rings. The van der Waals surface area contributed by atoms with E-state index in [0.29, 0.717) is 121 Å². The number of benzene rings is 9. The van der Waals surface area contributed by atoms with Crippen LogP contribution in [0.2, 0.25) is 5.02 Å². The number of imidazole rings is 3. The first kappa shape index (κ1) is 75.2. The Morgan fingerprint density at radius 3 is 1.08 bits per heavy atom. The number of alkyl halides is 12. The summed E-state index contributed by atoms with van der Waals surface area (Å²) in [4.78, 5) is 22.5. The molecule has 17 nitrogen and oxygen atoms in total. The number of primary sulfonamides is 3. The first-order valence-electron chi connectivity index (χ1n) is 29.8. The lowest BCUT2D eigenvalue weighted by Gasteiger charge is -2.15. The molecular formula is C68H54ClF12N9O8S4. The average molecular weight is 1520 g/mol. The summed E-state index contributed by atoms with van der Waals surface area (Å²) in [6.45, 7) is 0. The molecule has 0 spiro atoms. The Morgan fingerprint density at radius 2 is 0.725 bits per heavy atom. The Bertz CT molecular complexity index is 5640. The van der Waals surface area contributed by atoms with E-state index in [4.69, 9.17) is 27.0 Å². The molecule has 3 heterocycles. The van der Waals surface area contributed by atoms with Gasteiger partial charge in [-0.3, -0.25) is 0 Å². The fraction of sp³-hybridized carbons (Fsp3) is 0.162. The number of hydrogen-bond acceptors (Lipinski definition) is 11. The number of aromatic nitrogens is 6. The molecule has 0 aliphatic heterocycles. The maximum absolute atomic E-state index is 13.3. The Kier molecular flexibility index (Phi) is 21.2. The summed E-state index contributed by atoms with van der Waals surface area (Å²) in [6.07, 6.45) is -17.8. The summed E-state index contributed by atoms with van der Waals surface area (Å²) in [5.74, 6) is 1.30. The molecule has 102 heavy (non-hydrogen) atoms. The van der Waals surface area contributed by atoms with Gasteiger partial charge < -0.3 is 15.0 Å². The summed E-state index contributed by atoms with van der Waals surface area (Å²) in [7, 11) is -15.3. The summed E-state index contributed by atoms with van der Waals surface area (Å²) in [5, 5.41) is 16.3. The molecule has 0 amide bonds. The fourth-order valence-electron chi connectivity index (χ4n) is 11.2. The molecule has 3 aromatic heterocycles. The SMILES string of the molecule is CS(=O)(=O)c1cc(Cl)ccc1CCc1nc2ccc(-c3ccccc3S(N)(=O)=O)cc2[nH]1.NS(=O)(=O)c1ccccc1-c1ccc2nc(CCc3cc(C(F)(F)F)cc(C(F)(F)F)c3)[nH]c2c1.NS(=O)(=O)c1ccccc1-c1ccc2nc(CCc3cc(C(F)(F)F)ccc3C(F)(F)F)[nH]c2c1. The molecule has 0 unspecified atom stereocenters. The van der Waals surface area contributed by atoms with Crippen molar-refractivity contribution in [1.29, 1.82) is 0 Å². The second kappa shape index (κ2) is 28.7. The molecule has 34 heteroatoms. The van der Waals surface area contributed by atoms with Gasteiger partial charge in [0, 0.05) is 47.2 Å². The second-order valence-corrected chi connectivity index (χ2v) is 30.2. The van der Waals surface area contributed by atoms with Gasteiger partial charge in [-0.15, -0.1) is 0 Å². The number of aryl methyl sites for hydroxylation is 6. The Hall–Kier alpha value is -9.48. The van der Waals surface area contributed by atoms with Crippen molar-refractivity contribution >= 4 is 84.6 Å². The van der Waals surface area contributed by atoms with Crippen molar-refractivity contribution in [2.24, 2.45) is 15.4 Å². The van der Waals surface area contributed by atoms with Gasteiger partial charge in [0.05, 0.1) is 74.9 Å². The van der Waals surface area contributed by atoms with Crippen LogP contribution in [0.4, 0.5) is 52.7 Å². The van der Waals surface area contributed by atoms with Crippen LogP contribution in [-0.4, -0.2) is 69.8 Å². The first-order chi connectivity index (χ1) is 47.5. The molecule has 534 valence electrons. The van der Waals surface area contributed by atoms with Crippen LogP contribution in [0.5, 0.6) is 0 Å². The van der Waals surface area contributed by atoms with E-state index in [1.165, 1.54) is 36.4 Å². The topological polar surface area (TPSA) is 301 Å². The highest BCUT2D eigenvalue weighted by Crippen LogP contribution is 2.40. The molecule has 0 saturated heterocycles. The molecule has 9 aromatic carbocycles. The maximum atomic E-state index is 13.3. The van der Waals surface area contributed by atoms with Crippen LogP contribution < -0.4 is 15.4 Å². The second-order valence-electron chi connectivity index (χ2n) is 23.2. The van der Waals surface area contributed by atoms with Crippen LogP contribution in [0.1, 0.15) is 56.4 Å². The van der Waals surface area contributed by atoms with E-state index >= 15 is 0 Å². The number of sulfone groups is 1. The van der Waals surface area contributed by atoms with Gasteiger partial charge in [0.1, 0.15) is 17.5 Å². The quantitative estimate of drug-likeness (QED) is 0.0494. The first-order valence-corrected chi connectivity index (χ1v) is 36.7. The molecule has 12 aromatic rings. The Labute approximate surface area is 578 Å². The third kappa shape index (κ3) is 18.2. The van der Waals surface area contributed by atoms with Crippen LogP contribution in [0.25, 0.3) is 66.5 Å². The summed E-state index contributed by atoms with van der Waals surface area (Å²) >= 11 is 5.97. The van der Waals surface area contributed by atoms with E-state index in [1.807, 2.05) is 6.07 Å². The lowest BCUT2D eigenvalue weighted by molar-refractivity contribution is -0.143. The standard InChI is InChI=1S/2C23H17F6N3O2S.C22H20ClN3O4S2/c24-22(25,26)15-7-8-17(23(27,28)29)14(11-15)6-10-21-31-18-9-5-13(12-19(18)32-21)16-3-1-2-4-20(16)35(30,33)34;24-22(25,26)15-9-13(10-16(12-15)23(27,28)29)5-8-21-31-18-7-6-14(11-19(18)32-21)17-3-1-2-4-20(17)35(30,33)34;1-31(27,28)21-13-16(23)9-6-14(21)8-11-22-25-18-10-7-15(12-19(18)26-22)17-4-2-3-5-20(17)32(24,29)30/h1-5,7-9,11-12H,6,10H2,(H,31,32)(H2,30,33,34);1-4,6-7,9-12H,5,8H2,(H,31,32)(H2,30,33,34);2-7,9-10,12-13H,8,11H2,1H3,(H,25,26)(H2,24,29,30). The van der Waals surface area contributed by atoms with Crippen molar-refractivity contribution in [2.75, 3.05) is 6.26 Å². The third-order valence-electron chi connectivity index (χ3n) is 15.8. The minimum atomic E-state index is -4.92. The molecular weight excluding hydrogens is 1460 g/mol. The van der Waals surface area contributed by atoms with Gasteiger partial charge in [-0.05, 0) is 156 Å². The van der Waals surface area contributed by atoms with Crippen LogP contribution >= 0.6 is 11.6 Å². The van der Waals surface area contributed by atoms with E-state index in [0.717, 1.165) is 17.3 Å². The van der Waals surface area contributed by atoms with Gasteiger partial charge in [-0.25, -0.2) is 64.0 Å². The summed E-state index contributed by atoms with van der Waals surface area (Å²) < 4.78 is 253. The number of nitrogens with zero attached hydrogens (tertiary/aromatic N) is 3. The number of aromatic amines is 3. The molecule has 0 aliphatic carbocycles. The molecule has 9 N–H and O–H groups in total. The van der Waals surface area contributed by atoms with Crippen molar-refractivity contribution in [1.82, 2.24) is 29.9 Å². The van der Waals surface area contributed by atoms with E-state index < -0.39 is 92.4 Å². The molecule has 0 aliphatic rings. The smallest absolute Gasteiger partial charge is 0.342 e. The lowest BCUT2D eigenvalue weighted by Crippen LogP contribution is -2.13. The zero-order valence-electron chi connectivity index (χ0n) is 52.4. The lowest BCUT2D eigenvalue weighted by atomic mass is 9.99. The number of halogens is 13. The van der Waals surface area contributed by atoms with E-state index in [1.54, 1.807) is 103 Å². The average Bonchev–Trinajstić information content (AvgIpc) is 1.48. The number of H-pyrrole nitrogens is 3. The van der Waals surface area contributed by atoms with Gasteiger partial charge >= 0.3 is 24.7 Å². The minimum absolute atomic E-state index is 0.0510. The molecule has 0 bridgehead atoms. The normalized spacial score (nSPS) is 12.7. The van der Waals surface area contributed by atoms with Crippen LogP contribution in [0.3, 0.4) is 0 Å². The zero-order valence-corrected chi connectivity index (χ0v) is 56.5. The van der Waals surface area contributed by atoms with E-state index in [-0.39, 0.29) is 62.7 Å². The maximum Gasteiger partial charge on any atom is 0.416 e. The van der Waals surface area contributed by atoms with Crippen molar-refractivity contribution in [2.45, 2.75) is 82.8 Å². The van der Waals surface area contributed by atoms with Crippen LogP contribution in [-0.2, 0) is 103 Å². The predicted molar refractivity (Wildman–Crippen MR) is 358 cm³/mol. The third-order valence-corrected chi connectivity index (χ3v) is 20.2. The fourth-order valence-corrected chi connectivity index (χ4v) is 14.7. The van der Waals surface area contributed by atoms with Crippen molar-refractivity contribution in [3.63, 3.8) is 0 Å². The molecule has 12 rings (SSSR count). The number of rotatable bonds is 16. The van der Waals surface area contributed by atoms with Crippen molar-refractivity contribution in [3.05, 3.63) is 243 Å². The highest BCUT2D eigenvalue weighted by atomic mass is 35.5. The highest BCUT2D eigenvalue weighted by Gasteiger charge is 2.39. The number of sulfonamides is 3. The monoisotopic (exact) mass is 1520 g/mol. The highest BCUT2D eigenvalue weighted by molar-refractivity contribution is 7.91. The number of fused-ring (bicyclic) bond motifs is 3. The summed E-state index contributed by atoms with van der Waals surface area (Å²) in [5.41, 5.74) is 1.37. The number of nitrogens with two attached hydrogens (primary N) is 3. The van der Waals surface area contributed by atoms with Gasteiger partial charge in [-0.1, -0.05) is 90.5 Å². The van der Waals surface area contributed by atoms with Gasteiger partial charge in [0.2, 0.25) is 30.1 Å². The van der Waals surface area contributed by atoms with Crippen molar-refractivity contribution in [3.8, 4) is 33.4 Å². The zero-order chi connectivity index (χ0) is 74.3. The van der Waals surface area contributed by atoms with E-state index in [2.05, 4.69) is 29.9 Å².